The van der Waals surface area contributed by atoms with E-state index in [1.54, 1.807) is 29.9 Å². The van der Waals surface area contributed by atoms with Crippen molar-refractivity contribution in [1.29, 1.82) is 0 Å². The van der Waals surface area contributed by atoms with Crippen LogP contribution in [0.1, 0.15) is 12.0 Å². The van der Waals surface area contributed by atoms with Crippen LogP contribution in [0.5, 0.6) is 0 Å². The van der Waals surface area contributed by atoms with E-state index >= 15 is 0 Å². The molecule has 0 saturated heterocycles. The second-order valence-corrected chi connectivity index (χ2v) is 5.32. The maximum absolute atomic E-state index is 12.2. The predicted molar refractivity (Wildman–Crippen MR) is 87.1 cm³/mol. The Kier molecular flexibility index (Phi) is 5.83. The van der Waals surface area contributed by atoms with Gasteiger partial charge in [-0.1, -0.05) is 18.2 Å². The molecule has 130 valence electrons. The standard InChI is InChI=1S/C16H20F3N5/c1-20-15(21-9-8-16(17,18)19)23(2)11-13-10-22-24(12-13)14-6-4-3-5-7-14/h3-7,10,12H,8-9,11H2,1-2H3,(H,20,21). The van der Waals surface area contributed by atoms with Crippen LogP contribution >= 0.6 is 0 Å². The zero-order valence-corrected chi connectivity index (χ0v) is 13.6. The first-order chi connectivity index (χ1) is 11.4. The van der Waals surface area contributed by atoms with Crippen LogP contribution in [0.2, 0.25) is 0 Å². The number of alkyl halides is 3. The highest BCUT2D eigenvalue weighted by Crippen LogP contribution is 2.18. The Morgan fingerprint density at radius 3 is 2.62 bits per heavy atom. The molecule has 0 unspecified atom stereocenters. The van der Waals surface area contributed by atoms with Gasteiger partial charge in [0.15, 0.2) is 5.96 Å². The molecule has 1 aromatic heterocycles. The predicted octanol–water partition coefficient (Wildman–Crippen LogP) is 2.83. The third-order valence-electron chi connectivity index (χ3n) is 3.34. The van der Waals surface area contributed by atoms with Crippen molar-refractivity contribution in [2.24, 2.45) is 4.99 Å². The van der Waals surface area contributed by atoms with Gasteiger partial charge in [-0.15, -0.1) is 0 Å². The molecule has 1 heterocycles. The molecule has 0 aliphatic heterocycles. The van der Waals surface area contributed by atoms with Crippen LogP contribution < -0.4 is 5.32 Å². The lowest BCUT2D eigenvalue weighted by Crippen LogP contribution is -2.39. The van der Waals surface area contributed by atoms with Crippen LogP contribution in [0.4, 0.5) is 13.2 Å². The van der Waals surface area contributed by atoms with Crippen LogP contribution in [-0.4, -0.2) is 47.5 Å². The number of hydrogen-bond donors (Lipinski definition) is 1. The van der Waals surface area contributed by atoms with E-state index in [1.807, 2.05) is 36.5 Å². The minimum atomic E-state index is -4.18. The average Bonchev–Trinajstić information content (AvgIpc) is 3.00. The zero-order chi connectivity index (χ0) is 17.6. The second-order valence-electron chi connectivity index (χ2n) is 5.32. The molecule has 24 heavy (non-hydrogen) atoms. The van der Waals surface area contributed by atoms with Crippen molar-refractivity contribution in [1.82, 2.24) is 20.0 Å². The quantitative estimate of drug-likeness (QED) is 0.673. The summed E-state index contributed by atoms with van der Waals surface area (Å²) < 4.78 is 38.4. The Morgan fingerprint density at radius 2 is 2.00 bits per heavy atom. The highest BCUT2D eigenvalue weighted by atomic mass is 19.4. The summed E-state index contributed by atoms with van der Waals surface area (Å²) in [4.78, 5) is 5.76. The van der Waals surface area contributed by atoms with Gasteiger partial charge in [0.05, 0.1) is 18.3 Å². The molecular formula is C16H20F3N5. The molecule has 1 aromatic carbocycles. The Balaban J connectivity index is 1.93. The molecule has 0 aliphatic carbocycles. The van der Waals surface area contributed by atoms with Crippen LogP contribution in [0.3, 0.4) is 0 Å². The molecule has 0 amide bonds. The number of para-hydroxylation sites is 1. The molecule has 1 N–H and O–H groups in total. The molecule has 0 atom stereocenters. The summed E-state index contributed by atoms with van der Waals surface area (Å²) in [5, 5.41) is 7.01. The molecule has 0 saturated carbocycles. The molecule has 8 heteroatoms. The maximum Gasteiger partial charge on any atom is 0.390 e. The number of nitrogens with zero attached hydrogens (tertiary/aromatic N) is 4. The van der Waals surface area contributed by atoms with Gasteiger partial charge in [-0.3, -0.25) is 4.99 Å². The van der Waals surface area contributed by atoms with Gasteiger partial charge >= 0.3 is 6.18 Å². The first kappa shape index (κ1) is 17.8. The van der Waals surface area contributed by atoms with Crippen molar-refractivity contribution >= 4 is 5.96 Å². The van der Waals surface area contributed by atoms with E-state index < -0.39 is 12.6 Å². The van der Waals surface area contributed by atoms with Gasteiger partial charge < -0.3 is 10.2 Å². The molecule has 0 radical (unpaired) electrons. The number of halogens is 3. The van der Waals surface area contributed by atoms with E-state index in [4.69, 9.17) is 0 Å². The molecule has 2 aromatic rings. The summed E-state index contributed by atoms with van der Waals surface area (Å²) in [5.41, 5.74) is 1.87. The lowest BCUT2D eigenvalue weighted by atomic mass is 10.3. The van der Waals surface area contributed by atoms with Crippen LogP contribution in [-0.2, 0) is 6.54 Å². The van der Waals surface area contributed by atoms with E-state index in [1.165, 1.54) is 0 Å². The summed E-state index contributed by atoms with van der Waals surface area (Å²) in [6.45, 7) is 0.280. The number of aromatic nitrogens is 2. The van der Waals surface area contributed by atoms with Crippen molar-refractivity contribution in [3.63, 3.8) is 0 Å². The summed E-state index contributed by atoms with van der Waals surface area (Å²) in [5.74, 6) is 0.409. The fourth-order valence-electron chi connectivity index (χ4n) is 2.21. The Bertz CT molecular complexity index is 664. The summed E-state index contributed by atoms with van der Waals surface area (Å²) in [6, 6.07) is 9.67. The van der Waals surface area contributed by atoms with Crippen LogP contribution in [0.15, 0.2) is 47.7 Å². The Morgan fingerprint density at radius 1 is 1.29 bits per heavy atom. The molecule has 0 spiro atoms. The number of rotatable bonds is 5. The van der Waals surface area contributed by atoms with Gasteiger partial charge in [0.2, 0.25) is 0 Å². The van der Waals surface area contributed by atoms with E-state index in [0.717, 1.165) is 11.3 Å². The van der Waals surface area contributed by atoms with Gasteiger partial charge in [0, 0.05) is 38.9 Å². The molecule has 0 fully saturated rings. The number of benzene rings is 1. The van der Waals surface area contributed by atoms with E-state index in [2.05, 4.69) is 15.4 Å². The Hall–Kier alpha value is -2.51. The van der Waals surface area contributed by atoms with Gasteiger partial charge in [-0.2, -0.15) is 18.3 Å². The molecule has 5 nitrogen and oxygen atoms in total. The van der Waals surface area contributed by atoms with Gasteiger partial charge in [-0.05, 0) is 12.1 Å². The lowest BCUT2D eigenvalue weighted by Gasteiger charge is -2.21. The zero-order valence-electron chi connectivity index (χ0n) is 13.6. The highest BCUT2D eigenvalue weighted by Gasteiger charge is 2.26. The fraction of sp³-hybridized carbons (Fsp3) is 0.375. The van der Waals surface area contributed by atoms with Crippen molar-refractivity contribution in [2.45, 2.75) is 19.1 Å². The fourth-order valence-corrected chi connectivity index (χ4v) is 2.21. The van der Waals surface area contributed by atoms with Crippen LogP contribution in [0.25, 0.3) is 5.69 Å². The number of aliphatic imine (C=N–C) groups is 1. The second kappa shape index (κ2) is 7.85. The summed E-state index contributed by atoms with van der Waals surface area (Å²) >= 11 is 0. The topological polar surface area (TPSA) is 45.5 Å². The van der Waals surface area contributed by atoms with E-state index in [0.29, 0.717) is 12.5 Å². The van der Waals surface area contributed by atoms with Gasteiger partial charge in [-0.25, -0.2) is 4.68 Å². The summed E-state index contributed by atoms with van der Waals surface area (Å²) in [7, 11) is 3.31. The molecular weight excluding hydrogens is 319 g/mol. The maximum atomic E-state index is 12.2. The molecule has 0 bridgehead atoms. The third-order valence-corrected chi connectivity index (χ3v) is 3.34. The average molecular weight is 339 g/mol. The van der Waals surface area contributed by atoms with Crippen molar-refractivity contribution < 1.29 is 13.2 Å². The largest absolute Gasteiger partial charge is 0.390 e. The Labute approximate surface area is 138 Å². The highest BCUT2D eigenvalue weighted by molar-refractivity contribution is 5.79. The minimum absolute atomic E-state index is 0.205. The van der Waals surface area contributed by atoms with Crippen molar-refractivity contribution in [3.05, 3.63) is 48.3 Å². The SMILES string of the molecule is CN=C(NCCC(F)(F)F)N(C)Cc1cnn(-c2ccccc2)c1. The van der Waals surface area contributed by atoms with Crippen LogP contribution in [0, 0.1) is 0 Å². The first-order valence-electron chi connectivity index (χ1n) is 7.46. The number of nitrogens with one attached hydrogen (secondary N) is 1. The third kappa shape index (κ3) is 5.29. The van der Waals surface area contributed by atoms with E-state index in [-0.39, 0.29) is 6.54 Å². The number of guanidine groups is 1. The van der Waals surface area contributed by atoms with E-state index in [9.17, 15) is 13.2 Å². The van der Waals surface area contributed by atoms with Gasteiger partial charge in [0.1, 0.15) is 0 Å². The smallest absolute Gasteiger partial charge is 0.356 e. The summed E-state index contributed by atoms with van der Waals surface area (Å²) in [6.07, 6.45) is -1.46. The first-order valence-corrected chi connectivity index (χ1v) is 7.46. The lowest BCUT2D eigenvalue weighted by molar-refractivity contribution is -0.132. The van der Waals surface area contributed by atoms with Gasteiger partial charge in [0.25, 0.3) is 0 Å². The minimum Gasteiger partial charge on any atom is -0.356 e. The molecule has 0 aliphatic rings. The normalized spacial score (nSPS) is 12.3. The van der Waals surface area contributed by atoms with Crippen molar-refractivity contribution in [2.75, 3.05) is 20.6 Å². The molecule has 2 rings (SSSR count). The number of hydrogen-bond acceptors (Lipinski definition) is 2. The van der Waals surface area contributed by atoms with Crippen molar-refractivity contribution in [3.8, 4) is 5.69 Å². The monoisotopic (exact) mass is 339 g/mol.